The van der Waals surface area contributed by atoms with Crippen molar-refractivity contribution in [1.29, 1.82) is 0 Å². The Morgan fingerprint density at radius 1 is 1.67 bits per heavy atom. The lowest BCUT2D eigenvalue weighted by Crippen LogP contribution is -2.04. The molecule has 8 heteroatoms. The third kappa shape index (κ3) is 8.17. The fourth-order valence-corrected chi connectivity index (χ4v) is 0.254. The average Bonchev–Trinajstić information content (AvgIpc) is 1.63. The van der Waals surface area contributed by atoms with Crippen LogP contribution in [0.4, 0.5) is 0 Å². The fourth-order valence-electron chi connectivity index (χ4n) is 0.0763. The molecule has 0 heterocycles. The third-order valence-electron chi connectivity index (χ3n) is 0.215. The number of aliphatic hydroxyl groups excluding tert-OH is 1. The second-order valence-electron chi connectivity index (χ2n) is 0.811. The van der Waals surface area contributed by atoms with Crippen LogP contribution in [-0.4, -0.2) is 20.7 Å². The van der Waals surface area contributed by atoms with Gasteiger partial charge in [0.2, 0.25) is 0 Å². The average molecular weight is 176 g/mol. The zero-order chi connectivity index (χ0) is 7.33. The van der Waals surface area contributed by atoms with E-state index in [0.717, 1.165) is 0 Å². The summed E-state index contributed by atoms with van der Waals surface area (Å²) in [4.78, 5) is 3.64. The molecule has 0 saturated heterocycles. The first-order valence-electron chi connectivity index (χ1n) is 1.62. The minimum absolute atomic E-state index is 0.787. The van der Waals surface area contributed by atoms with Crippen LogP contribution in [0.3, 0.4) is 0 Å². The summed E-state index contributed by atoms with van der Waals surface area (Å²) < 4.78 is 21.5. The lowest BCUT2D eigenvalue weighted by molar-refractivity contribution is -0.481. The maximum Gasteiger partial charge on any atom is 0.296 e. The van der Waals surface area contributed by atoms with Gasteiger partial charge in [0, 0.05) is 11.2 Å². The number of rotatable bonds is 4. The van der Waals surface area contributed by atoms with Gasteiger partial charge in [0.15, 0.2) is 6.79 Å². The van der Waals surface area contributed by atoms with E-state index < -0.39 is 15.8 Å². The Labute approximate surface area is 55.9 Å². The van der Waals surface area contributed by atoms with Gasteiger partial charge < -0.3 is 5.11 Å². The van der Waals surface area contributed by atoms with Gasteiger partial charge in [-0.15, -0.1) is 0 Å². The predicted molar refractivity (Wildman–Crippen MR) is 28.5 cm³/mol. The van der Waals surface area contributed by atoms with Gasteiger partial charge in [-0.2, -0.15) is 9.10 Å². The lowest BCUT2D eigenvalue weighted by Gasteiger charge is -1.96. The van der Waals surface area contributed by atoms with Crippen molar-refractivity contribution in [1.82, 2.24) is 0 Å². The van der Waals surface area contributed by atoms with Gasteiger partial charge in [-0.05, 0) is 5.04 Å². The Morgan fingerprint density at radius 2 is 2.22 bits per heavy atom. The molecule has 0 aromatic heterocycles. The van der Waals surface area contributed by atoms with Crippen LogP contribution < -0.4 is 0 Å². The van der Waals surface area contributed by atoms with Crippen molar-refractivity contribution in [3.8, 4) is 0 Å². The fraction of sp³-hybridized carbons (Fsp3) is 1.00. The monoisotopic (exact) mass is 176 g/mol. The van der Waals surface area contributed by atoms with Crippen LogP contribution in [0.25, 0.3) is 0 Å². The van der Waals surface area contributed by atoms with Crippen LogP contribution in [0, 0.1) is 0 Å². The molecule has 0 radical (unpaired) electrons. The highest BCUT2D eigenvalue weighted by Crippen LogP contribution is 1.87. The van der Waals surface area contributed by atoms with Crippen LogP contribution in [-0.2, 0) is 34.5 Å². The third-order valence-corrected chi connectivity index (χ3v) is 0.609. The molecule has 0 spiro atoms. The predicted octanol–water partition coefficient (Wildman–Crippen LogP) is -1.05. The lowest BCUT2D eigenvalue weighted by atomic mass is 11.5. The first-order chi connectivity index (χ1) is 4.06. The number of aliphatic hydroxyl groups is 1. The molecule has 56 valence electrons. The summed E-state index contributed by atoms with van der Waals surface area (Å²) in [6, 6.07) is 0. The maximum atomic E-state index is 9.92. The second kappa shape index (κ2) is 4.06. The molecule has 0 aliphatic rings. The van der Waals surface area contributed by atoms with Crippen molar-refractivity contribution >= 4 is 20.2 Å². The minimum atomic E-state index is -3.82. The van der Waals surface area contributed by atoms with Gasteiger partial charge in [0.05, 0.1) is 0 Å². The Morgan fingerprint density at radius 3 is 2.56 bits per heavy atom. The molecule has 0 bridgehead atoms. The van der Waals surface area contributed by atoms with Gasteiger partial charge in [-0.3, -0.25) is 4.55 Å². The standard InChI is InChI=1S/CH4O6S2/c2-1-5-6-7-9(3,4)8/h2H,1H2,(H,3,4,8). The zero-order valence-electron chi connectivity index (χ0n) is 4.05. The van der Waals surface area contributed by atoms with Gasteiger partial charge in [0.1, 0.15) is 0 Å². The van der Waals surface area contributed by atoms with E-state index in [1.54, 1.807) is 0 Å². The molecule has 0 amide bonds. The van der Waals surface area contributed by atoms with E-state index in [4.69, 9.17) is 9.66 Å². The molecule has 1 atom stereocenters. The number of hydrogen-bond acceptors (Lipinski definition) is 6. The molecular formula is CH4O6S2. The van der Waals surface area contributed by atoms with E-state index in [1.807, 2.05) is 0 Å². The Kier molecular flexibility index (Phi) is 4.14. The first-order valence-corrected chi connectivity index (χ1v) is 3.99. The van der Waals surface area contributed by atoms with E-state index in [2.05, 4.69) is 25.4 Å². The molecule has 2 N–H and O–H groups in total. The Hall–Kier alpha value is 0.170. The van der Waals surface area contributed by atoms with Crippen LogP contribution in [0.2, 0.25) is 0 Å². The van der Waals surface area contributed by atoms with Crippen LogP contribution in [0.1, 0.15) is 0 Å². The minimum Gasteiger partial charge on any atom is -0.368 e. The van der Waals surface area contributed by atoms with Crippen molar-refractivity contribution in [2.45, 2.75) is 0 Å². The molecular weight excluding hydrogens is 172 g/mol. The van der Waals surface area contributed by atoms with E-state index in [-0.39, 0.29) is 0 Å². The van der Waals surface area contributed by atoms with Crippen molar-refractivity contribution in [3.05, 3.63) is 0 Å². The first kappa shape index (κ1) is 9.17. The molecule has 6 nitrogen and oxygen atoms in total. The topological polar surface area (TPSA) is 85.2 Å². The molecule has 0 fully saturated rings. The maximum absolute atomic E-state index is 9.92. The van der Waals surface area contributed by atoms with Gasteiger partial charge in [0.25, 0.3) is 9.05 Å². The molecule has 1 unspecified atom stereocenters. The zero-order valence-corrected chi connectivity index (χ0v) is 5.68. The van der Waals surface area contributed by atoms with Crippen molar-refractivity contribution in [2.75, 3.05) is 6.79 Å². The van der Waals surface area contributed by atoms with E-state index in [1.165, 1.54) is 0 Å². The summed E-state index contributed by atoms with van der Waals surface area (Å²) in [6.07, 6.45) is 0. The van der Waals surface area contributed by atoms with Gasteiger partial charge >= 0.3 is 0 Å². The summed E-state index contributed by atoms with van der Waals surface area (Å²) in [5, 5.41) is 11.3. The number of hydrogen-bond donors (Lipinski definition) is 2. The van der Waals surface area contributed by atoms with Gasteiger partial charge in [-0.25, -0.2) is 0 Å². The Bertz CT molecular complexity index is 146. The molecule has 0 rings (SSSR count). The highest BCUT2D eigenvalue weighted by molar-refractivity contribution is 8.26. The summed E-state index contributed by atoms with van der Waals surface area (Å²) in [6.45, 7) is -0.787. The van der Waals surface area contributed by atoms with Crippen molar-refractivity contribution in [2.24, 2.45) is 0 Å². The van der Waals surface area contributed by atoms with E-state index >= 15 is 0 Å². The van der Waals surface area contributed by atoms with Crippen molar-refractivity contribution < 1.29 is 28.1 Å². The molecule has 0 aromatic rings. The molecule has 0 aliphatic carbocycles. The van der Waals surface area contributed by atoms with Gasteiger partial charge in [-0.1, -0.05) is 4.33 Å². The Balaban J connectivity index is 3.30. The summed E-state index contributed by atoms with van der Waals surface area (Å²) >= 11 is 3.77. The van der Waals surface area contributed by atoms with E-state index in [9.17, 15) is 4.21 Å². The largest absolute Gasteiger partial charge is 0.368 e. The quantitative estimate of drug-likeness (QED) is 0.244. The SMILES string of the molecule is O=S(O)(=S)OOOCO. The van der Waals surface area contributed by atoms with Crippen LogP contribution >= 0.6 is 0 Å². The highest BCUT2D eigenvalue weighted by atomic mass is 32.9. The normalized spacial score (nSPS) is 17.1. The smallest absolute Gasteiger partial charge is 0.296 e. The second-order valence-corrected chi connectivity index (χ2v) is 3.07. The van der Waals surface area contributed by atoms with Crippen LogP contribution in [0.5, 0.6) is 0 Å². The highest BCUT2D eigenvalue weighted by Gasteiger charge is 1.99. The molecule has 0 aliphatic heterocycles. The molecule has 0 aromatic carbocycles. The molecule has 9 heavy (non-hydrogen) atoms. The summed E-state index contributed by atoms with van der Waals surface area (Å²) in [5.41, 5.74) is 0. The summed E-state index contributed by atoms with van der Waals surface area (Å²) in [5.74, 6) is 0. The van der Waals surface area contributed by atoms with E-state index in [0.29, 0.717) is 0 Å². The summed E-state index contributed by atoms with van der Waals surface area (Å²) in [7, 11) is -3.82. The van der Waals surface area contributed by atoms with Crippen molar-refractivity contribution in [3.63, 3.8) is 0 Å². The molecule has 0 saturated carbocycles. The van der Waals surface area contributed by atoms with Crippen LogP contribution in [0.15, 0.2) is 0 Å².